The zero-order chi connectivity index (χ0) is 22.1. The molecule has 1 atom stereocenters. The summed E-state index contributed by atoms with van der Waals surface area (Å²) in [6, 6.07) is 12.1. The molecule has 2 aromatic heterocycles. The molecule has 4 heterocycles. The number of pyridine rings is 1. The highest BCUT2D eigenvalue weighted by Crippen LogP contribution is 2.36. The predicted octanol–water partition coefficient (Wildman–Crippen LogP) is 3.66. The second kappa shape index (κ2) is 8.33. The van der Waals surface area contributed by atoms with Gasteiger partial charge in [0.2, 0.25) is 0 Å². The van der Waals surface area contributed by atoms with E-state index in [0.717, 1.165) is 18.5 Å². The van der Waals surface area contributed by atoms with Crippen molar-refractivity contribution in [2.45, 2.75) is 25.8 Å². The number of likely N-dealkylation sites (tertiary alicyclic amines) is 1. The Bertz CT molecular complexity index is 1300. The molecule has 5 rings (SSSR count). The third kappa shape index (κ3) is 3.35. The van der Waals surface area contributed by atoms with Crippen LogP contribution in [0.4, 0.5) is 0 Å². The highest BCUT2D eigenvalue weighted by Gasteiger charge is 2.34. The van der Waals surface area contributed by atoms with E-state index in [0.29, 0.717) is 24.2 Å². The van der Waals surface area contributed by atoms with Crippen molar-refractivity contribution in [2.24, 2.45) is 0 Å². The lowest BCUT2D eigenvalue weighted by molar-refractivity contribution is -0.125. The number of hydrogen-bond donors (Lipinski definition) is 1. The largest absolute Gasteiger partial charge is 0.352 e. The van der Waals surface area contributed by atoms with Crippen molar-refractivity contribution >= 4 is 28.3 Å². The van der Waals surface area contributed by atoms with Crippen LogP contribution in [0.1, 0.15) is 30.4 Å². The number of aryl methyl sites for hydroxylation is 1. The van der Waals surface area contributed by atoms with Crippen molar-refractivity contribution in [2.75, 3.05) is 13.1 Å². The molecule has 3 aromatic rings. The van der Waals surface area contributed by atoms with Crippen molar-refractivity contribution in [3.63, 3.8) is 0 Å². The molecule has 1 aromatic carbocycles. The zero-order valence-corrected chi connectivity index (χ0v) is 17.9. The summed E-state index contributed by atoms with van der Waals surface area (Å²) in [7, 11) is 0. The van der Waals surface area contributed by atoms with Gasteiger partial charge in [0.25, 0.3) is 5.91 Å². The lowest BCUT2D eigenvalue weighted by Crippen LogP contribution is -2.33. The molecular weight excluding hydrogens is 400 g/mol. The molecule has 1 amide bonds. The maximum absolute atomic E-state index is 13.6. The normalized spacial score (nSPS) is 18.2. The molecule has 1 N–H and O–H groups in total. The first-order valence-electron chi connectivity index (χ1n) is 10.9. The van der Waals surface area contributed by atoms with Gasteiger partial charge >= 0.3 is 0 Å². The second-order valence-corrected chi connectivity index (χ2v) is 8.11. The van der Waals surface area contributed by atoms with Crippen LogP contribution in [0.15, 0.2) is 78.5 Å². The number of amides is 1. The summed E-state index contributed by atoms with van der Waals surface area (Å²) in [6.07, 6.45) is 9.98. The van der Waals surface area contributed by atoms with E-state index in [4.69, 9.17) is 0 Å². The molecule has 2 aliphatic heterocycles. The molecule has 32 heavy (non-hydrogen) atoms. The molecular formula is C26H24N4O2. The van der Waals surface area contributed by atoms with Gasteiger partial charge < -0.3 is 14.8 Å². The topological polar surface area (TPSA) is 67.2 Å². The van der Waals surface area contributed by atoms with Crippen molar-refractivity contribution in [3.05, 3.63) is 89.7 Å². The molecule has 160 valence electrons. The Morgan fingerprint density at radius 3 is 2.91 bits per heavy atom. The minimum atomic E-state index is -0.152. The average Bonchev–Trinajstić information content (AvgIpc) is 3.48. The Hall–Kier alpha value is -3.89. The Kier molecular flexibility index (Phi) is 5.21. The monoisotopic (exact) mass is 424 g/mol. The Labute approximate surface area is 186 Å². The van der Waals surface area contributed by atoms with E-state index in [1.54, 1.807) is 18.6 Å². The molecule has 1 unspecified atom stereocenters. The summed E-state index contributed by atoms with van der Waals surface area (Å²) in [5.41, 5.74) is 4.51. The maximum Gasteiger partial charge on any atom is 0.257 e. The van der Waals surface area contributed by atoms with Crippen LogP contribution in [0.5, 0.6) is 0 Å². The van der Waals surface area contributed by atoms with E-state index < -0.39 is 0 Å². The molecule has 0 radical (unpaired) electrons. The van der Waals surface area contributed by atoms with Gasteiger partial charge in [-0.2, -0.15) is 0 Å². The van der Waals surface area contributed by atoms with Gasteiger partial charge in [-0.1, -0.05) is 24.3 Å². The van der Waals surface area contributed by atoms with Crippen molar-refractivity contribution in [1.82, 2.24) is 19.8 Å². The molecule has 1 fully saturated rings. The maximum atomic E-state index is 13.6. The van der Waals surface area contributed by atoms with Crippen LogP contribution in [-0.4, -0.2) is 39.4 Å². The third-order valence-electron chi connectivity index (χ3n) is 6.36. The van der Waals surface area contributed by atoms with E-state index in [1.165, 1.54) is 16.5 Å². The predicted molar refractivity (Wildman–Crippen MR) is 124 cm³/mol. The number of carbonyl (C=O) groups excluding carboxylic acids is 2. The van der Waals surface area contributed by atoms with Gasteiger partial charge in [0.15, 0.2) is 5.94 Å². The summed E-state index contributed by atoms with van der Waals surface area (Å²) >= 11 is 0. The fourth-order valence-electron chi connectivity index (χ4n) is 4.78. The zero-order valence-electron chi connectivity index (χ0n) is 17.9. The first kappa shape index (κ1) is 20.0. The van der Waals surface area contributed by atoms with E-state index in [-0.39, 0.29) is 17.5 Å². The Morgan fingerprint density at radius 1 is 1.25 bits per heavy atom. The number of nitrogens with one attached hydrogen (secondary N) is 1. The average molecular weight is 425 g/mol. The van der Waals surface area contributed by atoms with Gasteiger partial charge in [0, 0.05) is 72.4 Å². The smallest absolute Gasteiger partial charge is 0.257 e. The van der Waals surface area contributed by atoms with Crippen LogP contribution >= 0.6 is 0 Å². The lowest BCUT2D eigenvalue weighted by Gasteiger charge is -2.23. The Balaban J connectivity index is 1.49. The molecule has 1 saturated heterocycles. The molecule has 2 aliphatic rings. The lowest BCUT2D eigenvalue weighted by atomic mass is 9.95. The number of benzene rings is 1. The van der Waals surface area contributed by atoms with Crippen LogP contribution in [0, 0.1) is 0 Å². The first-order valence-corrected chi connectivity index (χ1v) is 10.9. The molecule has 0 spiro atoms. The highest BCUT2D eigenvalue weighted by molar-refractivity contribution is 6.09. The number of nitrogens with zero attached hydrogens (tertiary/aromatic N) is 3. The van der Waals surface area contributed by atoms with Gasteiger partial charge in [-0.15, -0.1) is 0 Å². The summed E-state index contributed by atoms with van der Waals surface area (Å²) in [5, 5.41) is 4.13. The molecule has 0 bridgehead atoms. The highest BCUT2D eigenvalue weighted by atomic mass is 16.2. The second-order valence-electron chi connectivity index (χ2n) is 8.11. The van der Waals surface area contributed by atoms with Crippen LogP contribution in [0.25, 0.3) is 16.5 Å². The minimum absolute atomic E-state index is 0.152. The number of aromatic nitrogens is 2. The van der Waals surface area contributed by atoms with Crippen LogP contribution in [0.3, 0.4) is 0 Å². The quantitative estimate of drug-likeness (QED) is 0.649. The van der Waals surface area contributed by atoms with Crippen molar-refractivity contribution < 1.29 is 9.59 Å². The van der Waals surface area contributed by atoms with Gasteiger partial charge in [-0.05, 0) is 37.1 Å². The summed E-state index contributed by atoms with van der Waals surface area (Å²) in [4.78, 5) is 31.3. The fraction of sp³-hybridized carbons (Fsp3) is 0.231. The van der Waals surface area contributed by atoms with E-state index in [1.807, 2.05) is 29.1 Å². The van der Waals surface area contributed by atoms with E-state index in [2.05, 4.69) is 52.3 Å². The standard InChI is InChI=1S/C26H24N4O2/c1-2-29-16-22(21-7-3-4-8-24(21)29)19-10-13-30(15-19)26(32)25-20(9-12-28-23(25)17-31)18-6-5-11-27-14-18/h3-9,11-12,14,16,19,28H,2,10,13,15H2,1H3. The number of para-hydroxylation sites is 1. The molecule has 0 aliphatic carbocycles. The third-order valence-corrected chi connectivity index (χ3v) is 6.36. The van der Waals surface area contributed by atoms with Crippen LogP contribution in [0.2, 0.25) is 0 Å². The molecule has 6 heteroatoms. The van der Waals surface area contributed by atoms with E-state index in [9.17, 15) is 9.59 Å². The van der Waals surface area contributed by atoms with Gasteiger partial charge in [0.05, 0.1) is 5.57 Å². The number of fused-ring (bicyclic) bond motifs is 1. The minimum Gasteiger partial charge on any atom is -0.352 e. The first-order chi connectivity index (χ1) is 15.7. The van der Waals surface area contributed by atoms with Crippen molar-refractivity contribution in [3.8, 4) is 0 Å². The van der Waals surface area contributed by atoms with E-state index >= 15 is 0 Å². The summed E-state index contributed by atoms with van der Waals surface area (Å²) < 4.78 is 2.27. The number of allylic oxidation sites excluding steroid dienone is 2. The van der Waals surface area contributed by atoms with Gasteiger partial charge in [0.1, 0.15) is 5.70 Å². The Morgan fingerprint density at radius 2 is 2.12 bits per heavy atom. The molecule has 0 saturated carbocycles. The fourth-order valence-corrected chi connectivity index (χ4v) is 4.78. The summed E-state index contributed by atoms with van der Waals surface area (Å²) in [5.74, 6) is 2.02. The van der Waals surface area contributed by atoms with Gasteiger partial charge in [-0.25, -0.2) is 4.79 Å². The number of dihydropyridines is 1. The van der Waals surface area contributed by atoms with Gasteiger partial charge in [-0.3, -0.25) is 9.78 Å². The number of carbonyl (C=O) groups is 1. The SMILES string of the molecule is CCn1cc(C2CCN(C(=O)C3=C(c4cccnc4)C=CNC3=C=O)C2)c2ccccc21. The van der Waals surface area contributed by atoms with Crippen molar-refractivity contribution in [1.29, 1.82) is 0 Å². The van der Waals surface area contributed by atoms with Crippen LogP contribution < -0.4 is 5.32 Å². The summed E-state index contributed by atoms with van der Waals surface area (Å²) in [6.45, 7) is 4.32. The number of rotatable bonds is 4. The number of hydrogen-bond acceptors (Lipinski definition) is 4. The van der Waals surface area contributed by atoms with Crippen LogP contribution in [-0.2, 0) is 16.1 Å². The molecule has 6 nitrogen and oxygen atoms in total.